The van der Waals surface area contributed by atoms with Crippen LogP contribution in [0.15, 0.2) is 60.8 Å². The standard InChI is InChI=1S/C27H22ClF6N5O5/c1-39(25(43)27(32,33)34)16-8-9-18(20(13-16)44-12-4-11-35-24(42)26(29,30)31)23(41)37-19-6-3-2-5-17(19)22(40)38-21-10-7-15(28)14-36-21/h2-3,5-10,13-14H,4,11-12H2,1H3,(H,35,42)(H,37,41)(H,36,38,40). The van der Waals surface area contributed by atoms with Crippen molar-refractivity contribution in [2.75, 3.05) is 35.7 Å². The molecule has 3 N–H and O–H groups in total. The summed E-state index contributed by atoms with van der Waals surface area (Å²) in [5.41, 5.74) is -0.541. The van der Waals surface area contributed by atoms with Crippen LogP contribution in [0.5, 0.6) is 5.75 Å². The van der Waals surface area contributed by atoms with Crippen LogP contribution in [-0.2, 0) is 9.59 Å². The van der Waals surface area contributed by atoms with Crippen molar-refractivity contribution in [2.45, 2.75) is 18.8 Å². The van der Waals surface area contributed by atoms with Crippen LogP contribution in [0.25, 0.3) is 0 Å². The third-order valence-electron chi connectivity index (χ3n) is 5.65. The molecule has 44 heavy (non-hydrogen) atoms. The van der Waals surface area contributed by atoms with E-state index in [0.717, 1.165) is 25.2 Å². The van der Waals surface area contributed by atoms with E-state index in [1.807, 2.05) is 0 Å². The van der Waals surface area contributed by atoms with Gasteiger partial charge in [0.15, 0.2) is 0 Å². The van der Waals surface area contributed by atoms with Gasteiger partial charge >= 0.3 is 24.2 Å². The maximum atomic E-state index is 13.3. The van der Waals surface area contributed by atoms with E-state index in [2.05, 4.69) is 15.6 Å². The highest BCUT2D eigenvalue weighted by Gasteiger charge is 2.42. The molecule has 0 radical (unpaired) electrons. The van der Waals surface area contributed by atoms with Gasteiger partial charge in [0.2, 0.25) is 0 Å². The van der Waals surface area contributed by atoms with Gasteiger partial charge in [-0.15, -0.1) is 0 Å². The molecular weight excluding hydrogens is 624 g/mol. The number of rotatable bonds is 10. The van der Waals surface area contributed by atoms with Gasteiger partial charge in [0, 0.05) is 31.5 Å². The smallest absolute Gasteiger partial charge is 0.471 e. The van der Waals surface area contributed by atoms with Crippen LogP contribution in [0.3, 0.4) is 0 Å². The van der Waals surface area contributed by atoms with Crippen molar-refractivity contribution in [3.05, 3.63) is 76.9 Å². The van der Waals surface area contributed by atoms with Crippen molar-refractivity contribution in [3.8, 4) is 5.75 Å². The molecule has 0 aliphatic heterocycles. The third kappa shape index (κ3) is 9.07. The summed E-state index contributed by atoms with van der Waals surface area (Å²) in [5.74, 6) is -6.11. The second-order valence-electron chi connectivity index (χ2n) is 8.81. The van der Waals surface area contributed by atoms with E-state index in [9.17, 15) is 45.5 Å². The number of hydrogen-bond donors (Lipinski definition) is 3. The van der Waals surface area contributed by atoms with Crippen molar-refractivity contribution in [3.63, 3.8) is 0 Å². The predicted molar refractivity (Wildman–Crippen MR) is 147 cm³/mol. The molecule has 4 amide bonds. The first-order chi connectivity index (χ1) is 20.6. The van der Waals surface area contributed by atoms with Gasteiger partial charge < -0.3 is 25.6 Å². The lowest BCUT2D eigenvalue weighted by atomic mass is 10.1. The number of hydrogen-bond acceptors (Lipinski definition) is 6. The zero-order chi connectivity index (χ0) is 32.7. The Kier molecular flexibility index (Phi) is 10.8. The summed E-state index contributed by atoms with van der Waals surface area (Å²) >= 11 is 5.80. The van der Waals surface area contributed by atoms with Gasteiger partial charge in [0.25, 0.3) is 11.8 Å². The van der Waals surface area contributed by atoms with E-state index in [4.69, 9.17) is 16.3 Å². The van der Waals surface area contributed by atoms with Gasteiger partial charge in [-0.2, -0.15) is 26.3 Å². The van der Waals surface area contributed by atoms with Crippen LogP contribution in [0.2, 0.25) is 5.02 Å². The molecule has 0 bridgehead atoms. The Morgan fingerprint density at radius 3 is 2.20 bits per heavy atom. The largest absolute Gasteiger partial charge is 0.493 e. The van der Waals surface area contributed by atoms with Crippen LogP contribution in [0.4, 0.5) is 43.5 Å². The van der Waals surface area contributed by atoms with Gasteiger partial charge in [-0.25, -0.2) is 4.98 Å². The fraction of sp³-hybridized carbons (Fsp3) is 0.222. The minimum atomic E-state index is -5.21. The molecule has 3 aromatic rings. The molecule has 3 rings (SSSR count). The minimum Gasteiger partial charge on any atom is -0.493 e. The summed E-state index contributed by atoms with van der Waals surface area (Å²) in [5, 5.41) is 7.00. The van der Waals surface area contributed by atoms with Crippen LogP contribution >= 0.6 is 11.6 Å². The van der Waals surface area contributed by atoms with Crippen molar-refractivity contribution in [2.24, 2.45) is 0 Å². The Balaban J connectivity index is 1.83. The number of aromatic nitrogens is 1. The number of carbonyl (C=O) groups excluding carboxylic acids is 4. The normalized spacial score (nSPS) is 11.4. The maximum Gasteiger partial charge on any atom is 0.471 e. The van der Waals surface area contributed by atoms with Gasteiger partial charge in [0.1, 0.15) is 11.6 Å². The lowest BCUT2D eigenvalue weighted by Crippen LogP contribution is -2.38. The van der Waals surface area contributed by atoms with E-state index in [-0.39, 0.29) is 52.0 Å². The summed E-state index contributed by atoms with van der Waals surface area (Å²) in [4.78, 5) is 53.1. The van der Waals surface area contributed by atoms with Gasteiger partial charge in [-0.3, -0.25) is 19.2 Å². The zero-order valence-electron chi connectivity index (χ0n) is 22.5. The van der Waals surface area contributed by atoms with Crippen LogP contribution in [0, 0.1) is 0 Å². The zero-order valence-corrected chi connectivity index (χ0v) is 23.2. The molecule has 234 valence electrons. The minimum absolute atomic E-state index is 0.00704. The highest BCUT2D eigenvalue weighted by atomic mass is 35.5. The van der Waals surface area contributed by atoms with E-state index in [1.165, 1.54) is 42.6 Å². The maximum absolute atomic E-state index is 13.3. The number of pyridine rings is 1. The summed E-state index contributed by atoms with van der Waals surface area (Å²) in [7, 11) is 0.839. The second kappa shape index (κ2) is 14.1. The van der Waals surface area contributed by atoms with E-state index < -0.39 is 42.5 Å². The Morgan fingerprint density at radius 2 is 1.57 bits per heavy atom. The molecule has 2 aromatic carbocycles. The van der Waals surface area contributed by atoms with Crippen LogP contribution < -0.4 is 25.6 Å². The molecule has 1 heterocycles. The quantitative estimate of drug-likeness (QED) is 0.205. The molecule has 0 aliphatic rings. The fourth-order valence-corrected chi connectivity index (χ4v) is 3.62. The Labute approximate surface area is 250 Å². The lowest BCUT2D eigenvalue weighted by molar-refractivity contribution is -0.173. The SMILES string of the molecule is CN(C(=O)C(F)(F)F)c1ccc(C(=O)Nc2ccccc2C(=O)Nc2ccc(Cl)cn2)c(OCCCNC(=O)C(F)(F)F)c1. The molecule has 17 heteroatoms. The number of benzene rings is 2. The van der Waals surface area contributed by atoms with Crippen molar-refractivity contribution >= 4 is 52.4 Å². The molecule has 1 aromatic heterocycles. The van der Waals surface area contributed by atoms with Crippen molar-refractivity contribution in [1.82, 2.24) is 10.3 Å². The Hall–Kier alpha value is -4.86. The van der Waals surface area contributed by atoms with Crippen LogP contribution in [0.1, 0.15) is 27.1 Å². The Bertz CT molecular complexity index is 1530. The lowest BCUT2D eigenvalue weighted by Gasteiger charge is -2.21. The Morgan fingerprint density at radius 1 is 0.886 bits per heavy atom. The number of halogens is 7. The third-order valence-corrected chi connectivity index (χ3v) is 5.88. The average Bonchev–Trinajstić information content (AvgIpc) is 2.96. The highest BCUT2D eigenvalue weighted by molar-refractivity contribution is 6.30. The summed E-state index contributed by atoms with van der Waals surface area (Å²) in [6, 6.07) is 11.8. The number of nitrogens with zero attached hydrogens (tertiary/aromatic N) is 2. The van der Waals surface area contributed by atoms with Crippen molar-refractivity contribution in [1.29, 1.82) is 0 Å². The van der Waals surface area contributed by atoms with E-state index in [1.54, 1.807) is 5.32 Å². The summed E-state index contributed by atoms with van der Waals surface area (Å²) in [6.45, 7) is -0.858. The molecule has 0 atom stereocenters. The van der Waals surface area contributed by atoms with Crippen molar-refractivity contribution < 1.29 is 50.3 Å². The molecule has 0 spiro atoms. The molecule has 0 fully saturated rings. The van der Waals surface area contributed by atoms with E-state index in [0.29, 0.717) is 5.02 Å². The number of ether oxygens (including phenoxy) is 1. The number of amides is 4. The predicted octanol–water partition coefficient (Wildman–Crippen LogP) is 5.21. The highest BCUT2D eigenvalue weighted by Crippen LogP contribution is 2.30. The summed E-state index contributed by atoms with van der Waals surface area (Å²) in [6.07, 6.45) is -9.20. The molecule has 0 saturated carbocycles. The number of carbonyl (C=O) groups is 4. The molecule has 0 saturated heterocycles. The monoisotopic (exact) mass is 645 g/mol. The molecular formula is C27H22ClF6N5O5. The first-order valence-corrected chi connectivity index (χ1v) is 12.8. The van der Waals surface area contributed by atoms with Gasteiger partial charge in [-0.05, 0) is 42.8 Å². The topological polar surface area (TPSA) is 130 Å². The number of alkyl halides is 6. The first kappa shape index (κ1) is 33.6. The fourth-order valence-electron chi connectivity index (χ4n) is 3.50. The summed E-state index contributed by atoms with van der Waals surface area (Å²) < 4.78 is 81.6. The number of anilines is 3. The van der Waals surface area contributed by atoms with E-state index >= 15 is 0 Å². The van der Waals surface area contributed by atoms with Gasteiger partial charge in [-0.1, -0.05) is 23.7 Å². The molecule has 0 unspecified atom stereocenters. The average molecular weight is 646 g/mol. The molecule has 10 nitrogen and oxygen atoms in total. The van der Waals surface area contributed by atoms with Crippen LogP contribution in [-0.4, -0.2) is 61.2 Å². The molecule has 0 aliphatic carbocycles. The second-order valence-corrected chi connectivity index (χ2v) is 9.25. The van der Waals surface area contributed by atoms with Gasteiger partial charge in [0.05, 0.1) is 28.4 Å². The number of para-hydroxylation sites is 1. The number of nitrogens with one attached hydrogen (secondary N) is 3. The first-order valence-electron chi connectivity index (χ1n) is 12.4.